The Balaban J connectivity index is 1.76. The van der Waals surface area contributed by atoms with Gasteiger partial charge in [-0.2, -0.15) is 5.26 Å². The monoisotopic (exact) mass is 334 g/mol. The van der Waals surface area contributed by atoms with Crippen molar-refractivity contribution in [3.63, 3.8) is 0 Å². The number of thiazole rings is 1. The minimum atomic E-state index is -0.291. The highest BCUT2D eigenvalue weighted by atomic mass is 32.1. The molecule has 3 rings (SSSR count). The van der Waals surface area contributed by atoms with E-state index in [2.05, 4.69) is 4.98 Å². The quantitative estimate of drug-likeness (QED) is 0.512. The maximum absolute atomic E-state index is 12.9. The number of aromatic nitrogens is 1. The number of nitriles is 1. The second-order valence-electron chi connectivity index (χ2n) is 4.97. The van der Waals surface area contributed by atoms with Crippen molar-refractivity contribution in [1.82, 2.24) is 4.98 Å². The van der Waals surface area contributed by atoms with Crippen LogP contribution in [0.3, 0.4) is 0 Å². The van der Waals surface area contributed by atoms with E-state index in [-0.39, 0.29) is 11.6 Å². The van der Waals surface area contributed by atoms with E-state index in [9.17, 15) is 9.18 Å². The van der Waals surface area contributed by atoms with Gasteiger partial charge in [0.1, 0.15) is 10.8 Å². The molecule has 3 nitrogen and oxygen atoms in total. The van der Waals surface area contributed by atoms with Crippen LogP contribution >= 0.6 is 11.3 Å². The number of hydrogen-bond acceptors (Lipinski definition) is 4. The third kappa shape index (κ3) is 3.62. The summed E-state index contributed by atoms with van der Waals surface area (Å²) in [5.41, 5.74) is 2.39. The number of nitrogens with zero attached hydrogens (tertiary/aromatic N) is 2. The summed E-state index contributed by atoms with van der Waals surface area (Å²) in [6.45, 7) is 0. The summed E-state index contributed by atoms with van der Waals surface area (Å²) >= 11 is 1.42. The first-order chi connectivity index (χ1) is 11.7. The van der Waals surface area contributed by atoms with Gasteiger partial charge in [0.15, 0.2) is 5.78 Å². The smallest absolute Gasteiger partial charge is 0.185 e. The van der Waals surface area contributed by atoms with Gasteiger partial charge in [-0.25, -0.2) is 9.37 Å². The lowest BCUT2D eigenvalue weighted by Gasteiger charge is -1.96. The predicted octanol–water partition coefficient (Wildman–Crippen LogP) is 4.72. The maximum atomic E-state index is 12.9. The largest absolute Gasteiger partial charge is 0.289 e. The Labute approximate surface area is 142 Å². The number of carbonyl (C=O) groups excluding carboxylic acids is 1. The van der Waals surface area contributed by atoms with E-state index in [1.807, 2.05) is 11.4 Å². The van der Waals surface area contributed by atoms with Crippen LogP contribution in [-0.2, 0) is 0 Å². The highest BCUT2D eigenvalue weighted by Crippen LogP contribution is 2.24. The minimum Gasteiger partial charge on any atom is -0.289 e. The van der Waals surface area contributed by atoms with Gasteiger partial charge in [-0.15, -0.1) is 11.3 Å². The van der Waals surface area contributed by atoms with Gasteiger partial charge in [-0.05, 0) is 48.6 Å². The van der Waals surface area contributed by atoms with E-state index >= 15 is 0 Å². The van der Waals surface area contributed by atoms with E-state index in [1.54, 1.807) is 42.5 Å². The van der Waals surface area contributed by atoms with Gasteiger partial charge >= 0.3 is 0 Å². The number of allylic oxidation sites excluding steroid dienone is 1. The molecule has 0 bridgehead atoms. The number of benzene rings is 2. The van der Waals surface area contributed by atoms with Crippen molar-refractivity contribution in [2.75, 3.05) is 0 Å². The number of rotatable bonds is 4. The molecule has 2 aromatic carbocycles. The Kier molecular flexibility index (Phi) is 4.59. The third-order valence-corrected chi connectivity index (χ3v) is 4.20. The molecule has 1 heterocycles. The molecule has 1 aromatic heterocycles. The predicted molar refractivity (Wildman–Crippen MR) is 92.0 cm³/mol. The molecule has 0 saturated heterocycles. The highest BCUT2D eigenvalue weighted by molar-refractivity contribution is 7.13. The van der Waals surface area contributed by atoms with Gasteiger partial charge in [0, 0.05) is 16.5 Å². The summed E-state index contributed by atoms with van der Waals surface area (Å²) in [5, 5.41) is 11.5. The summed E-state index contributed by atoms with van der Waals surface area (Å²) in [7, 11) is 0. The lowest BCUT2D eigenvalue weighted by Crippen LogP contribution is -1.94. The standard InChI is InChI=1S/C19H11FN2OS/c20-16-6-4-14(5-7-16)19-22-17(12-24-19)8-9-18(23)15-3-1-2-13(10-15)11-21/h1-10,12H. The minimum absolute atomic E-state index is 0.191. The van der Waals surface area contributed by atoms with Crippen LogP contribution in [0.15, 0.2) is 60.0 Å². The molecule has 0 aliphatic heterocycles. The topological polar surface area (TPSA) is 53.8 Å². The molecular weight excluding hydrogens is 323 g/mol. The zero-order valence-corrected chi connectivity index (χ0v) is 13.3. The van der Waals surface area contributed by atoms with Gasteiger partial charge in [0.05, 0.1) is 17.3 Å². The molecule has 0 aliphatic rings. The zero-order chi connectivity index (χ0) is 16.9. The Morgan fingerprint density at radius 1 is 1.21 bits per heavy atom. The maximum Gasteiger partial charge on any atom is 0.185 e. The number of ketones is 1. The molecule has 0 radical (unpaired) electrons. The SMILES string of the molecule is N#Cc1cccc(C(=O)C=Cc2csc(-c3ccc(F)cc3)n2)c1. The molecular formula is C19H11FN2OS. The van der Waals surface area contributed by atoms with Crippen molar-refractivity contribution in [3.8, 4) is 16.6 Å². The third-order valence-electron chi connectivity index (χ3n) is 3.29. The van der Waals surface area contributed by atoms with E-state index in [1.165, 1.54) is 29.5 Å². The van der Waals surface area contributed by atoms with Crippen molar-refractivity contribution in [2.24, 2.45) is 0 Å². The van der Waals surface area contributed by atoms with Crippen molar-refractivity contribution in [1.29, 1.82) is 5.26 Å². The molecule has 3 aromatic rings. The summed E-state index contributed by atoms with van der Waals surface area (Å²) in [6.07, 6.45) is 3.06. The molecule has 0 N–H and O–H groups in total. The van der Waals surface area contributed by atoms with Crippen LogP contribution in [-0.4, -0.2) is 10.8 Å². The second-order valence-corrected chi connectivity index (χ2v) is 5.83. The van der Waals surface area contributed by atoms with Gasteiger partial charge < -0.3 is 0 Å². The summed E-state index contributed by atoms with van der Waals surface area (Å²) in [5.74, 6) is -0.482. The Morgan fingerprint density at radius 3 is 2.75 bits per heavy atom. The number of halogens is 1. The zero-order valence-electron chi connectivity index (χ0n) is 12.4. The van der Waals surface area contributed by atoms with Crippen LogP contribution in [0.1, 0.15) is 21.6 Å². The molecule has 0 unspecified atom stereocenters. The Bertz CT molecular complexity index is 952. The van der Waals surface area contributed by atoms with Crippen molar-refractivity contribution in [2.45, 2.75) is 0 Å². The molecule has 0 aliphatic carbocycles. The molecule has 0 amide bonds. The highest BCUT2D eigenvalue weighted by Gasteiger charge is 2.05. The first-order valence-corrected chi connectivity index (χ1v) is 7.98. The normalized spacial score (nSPS) is 10.7. The summed E-state index contributed by atoms with van der Waals surface area (Å²) < 4.78 is 12.9. The van der Waals surface area contributed by atoms with Gasteiger partial charge in [-0.1, -0.05) is 12.1 Å². The second kappa shape index (κ2) is 6.99. The number of carbonyl (C=O) groups is 1. The van der Waals surface area contributed by atoms with Crippen molar-refractivity contribution < 1.29 is 9.18 Å². The van der Waals surface area contributed by atoms with Crippen LogP contribution < -0.4 is 0 Å². The molecule has 0 saturated carbocycles. The fourth-order valence-corrected chi connectivity index (χ4v) is 2.88. The first-order valence-electron chi connectivity index (χ1n) is 7.10. The van der Waals surface area contributed by atoms with Gasteiger partial charge in [0.25, 0.3) is 0 Å². The first kappa shape index (κ1) is 15.8. The molecule has 0 atom stereocenters. The fraction of sp³-hybridized carbons (Fsp3) is 0. The lowest BCUT2D eigenvalue weighted by atomic mass is 10.1. The molecule has 0 fully saturated rings. The molecule has 0 spiro atoms. The Morgan fingerprint density at radius 2 is 2.00 bits per heavy atom. The molecule has 116 valence electrons. The van der Waals surface area contributed by atoms with Crippen LogP contribution in [0.2, 0.25) is 0 Å². The van der Waals surface area contributed by atoms with Gasteiger partial charge in [0.2, 0.25) is 0 Å². The number of hydrogen-bond donors (Lipinski definition) is 0. The van der Waals surface area contributed by atoms with E-state index < -0.39 is 0 Å². The van der Waals surface area contributed by atoms with Crippen LogP contribution in [0.25, 0.3) is 16.6 Å². The van der Waals surface area contributed by atoms with Crippen LogP contribution in [0.4, 0.5) is 4.39 Å². The fourth-order valence-electron chi connectivity index (χ4n) is 2.09. The van der Waals surface area contributed by atoms with Crippen LogP contribution in [0, 0.1) is 17.1 Å². The van der Waals surface area contributed by atoms with E-state index in [0.717, 1.165) is 10.6 Å². The van der Waals surface area contributed by atoms with E-state index in [0.29, 0.717) is 16.8 Å². The average Bonchev–Trinajstić information content (AvgIpc) is 3.09. The van der Waals surface area contributed by atoms with Gasteiger partial charge in [-0.3, -0.25) is 4.79 Å². The summed E-state index contributed by atoms with van der Waals surface area (Å²) in [4.78, 5) is 16.6. The lowest BCUT2D eigenvalue weighted by molar-refractivity contribution is 0.104. The van der Waals surface area contributed by atoms with Crippen LogP contribution in [0.5, 0.6) is 0 Å². The molecule has 5 heteroatoms. The van der Waals surface area contributed by atoms with Crippen molar-refractivity contribution in [3.05, 3.63) is 82.6 Å². The van der Waals surface area contributed by atoms with E-state index in [4.69, 9.17) is 5.26 Å². The molecule has 24 heavy (non-hydrogen) atoms. The Hall–Kier alpha value is -3.10. The van der Waals surface area contributed by atoms with Crippen molar-refractivity contribution >= 4 is 23.2 Å². The average molecular weight is 334 g/mol. The summed E-state index contributed by atoms with van der Waals surface area (Å²) in [6, 6.07) is 14.7.